The molecule has 0 fully saturated rings. The van der Waals surface area contributed by atoms with Crippen molar-refractivity contribution in [3.8, 4) is 0 Å². The van der Waals surface area contributed by atoms with E-state index in [9.17, 15) is 0 Å². The highest BCUT2D eigenvalue weighted by Crippen LogP contribution is 2.04. The fraction of sp³-hybridized carbons (Fsp3) is 1.00. The van der Waals surface area contributed by atoms with Crippen molar-refractivity contribution in [1.29, 1.82) is 0 Å². The summed E-state index contributed by atoms with van der Waals surface area (Å²) in [6.07, 6.45) is 0.116. The van der Waals surface area contributed by atoms with Gasteiger partial charge in [0.15, 0.2) is 0 Å². The summed E-state index contributed by atoms with van der Waals surface area (Å²) >= 11 is 0. The lowest BCUT2D eigenvalue weighted by atomic mass is 10.1. The van der Waals surface area contributed by atoms with Crippen molar-refractivity contribution in [3.63, 3.8) is 0 Å². The van der Waals surface area contributed by atoms with Crippen LogP contribution in [0.15, 0.2) is 0 Å². The third-order valence-corrected chi connectivity index (χ3v) is 1.15. The highest BCUT2D eigenvalue weighted by Gasteiger charge is 2.18. The highest BCUT2D eigenvalue weighted by molar-refractivity contribution is 4.63. The van der Waals surface area contributed by atoms with Crippen LogP contribution in [0, 0.1) is 0 Å². The summed E-state index contributed by atoms with van der Waals surface area (Å²) in [6, 6.07) is -0.286. The van der Waals surface area contributed by atoms with Crippen molar-refractivity contribution in [2.45, 2.75) is 24.9 Å². The van der Waals surface area contributed by atoms with Gasteiger partial charge < -0.3 is 26.8 Å². The molecule has 0 aromatic heterocycles. The Hall–Kier alpha value is -0.200. The van der Waals surface area contributed by atoms with E-state index < -0.39 is 5.97 Å². The molecule has 1 unspecified atom stereocenters. The monoisotopic (exact) mass is 150 g/mol. The van der Waals surface area contributed by atoms with E-state index >= 15 is 0 Å². The maximum atomic E-state index is 8.38. The molecule has 5 heteroatoms. The van der Waals surface area contributed by atoms with Crippen LogP contribution in [0.5, 0.6) is 0 Å². The molecule has 0 bridgehead atoms. The van der Waals surface area contributed by atoms with Crippen LogP contribution in [0.25, 0.3) is 0 Å². The van der Waals surface area contributed by atoms with E-state index in [0.29, 0.717) is 6.42 Å². The molecule has 0 aromatic rings. The summed E-state index contributed by atoms with van der Waals surface area (Å²) in [7, 11) is 0. The van der Waals surface area contributed by atoms with E-state index in [-0.39, 0.29) is 19.0 Å². The molecule has 0 rings (SSSR count). The smallest absolute Gasteiger partial charge is 0.275 e. The fourth-order valence-electron chi connectivity index (χ4n) is 0.497. The number of hydrogen-bond acceptors (Lipinski definition) is 5. The Morgan fingerprint density at radius 3 is 2.10 bits per heavy atom. The Balaban J connectivity index is 3.36. The van der Waals surface area contributed by atoms with Crippen LogP contribution in [-0.2, 0) is 0 Å². The van der Waals surface area contributed by atoms with E-state index in [1.807, 2.05) is 0 Å². The van der Waals surface area contributed by atoms with E-state index in [2.05, 4.69) is 0 Å². The van der Waals surface area contributed by atoms with Gasteiger partial charge in [-0.3, -0.25) is 0 Å². The van der Waals surface area contributed by atoms with Crippen molar-refractivity contribution in [2.24, 2.45) is 11.5 Å². The van der Waals surface area contributed by atoms with Gasteiger partial charge in [0.05, 0.1) is 0 Å². The van der Waals surface area contributed by atoms with Crippen LogP contribution < -0.4 is 11.5 Å². The highest BCUT2D eigenvalue weighted by atomic mass is 16.7. The van der Waals surface area contributed by atoms with Crippen LogP contribution in [-0.4, -0.2) is 33.9 Å². The van der Waals surface area contributed by atoms with Crippen molar-refractivity contribution in [2.75, 3.05) is 6.54 Å². The van der Waals surface area contributed by atoms with Crippen LogP contribution in [0.1, 0.15) is 12.8 Å². The van der Waals surface area contributed by atoms with Crippen molar-refractivity contribution < 1.29 is 15.3 Å². The number of rotatable bonds is 4. The van der Waals surface area contributed by atoms with Crippen molar-refractivity contribution in [1.82, 2.24) is 0 Å². The molecular weight excluding hydrogens is 136 g/mol. The lowest BCUT2D eigenvalue weighted by Gasteiger charge is -2.15. The molecule has 0 heterocycles. The maximum absolute atomic E-state index is 8.38. The predicted molar refractivity (Wildman–Crippen MR) is 35.7 cm³/mol. The van der Waals surface area contributed by atoms with Crippen LogP contribution in [0.3, 0.4) is 0 Å². The molecule has 0 aliphatic carbocycles. The molecule has 7 N–H and O–H groups in total. The van der Waals surface area contributed by atoms with Crippen molar-refractivity contribution in [3.05, 3.63) is 0 Å². The van der Waals surface area contributed by atoms with Crippen LogP contribution in [0.2, 0.25) is 0 Å². The molecule has 0 saturated heterocycles. The van der Waals surface area contributed by atoms with Gasteiger partial charge in [-0.2, -0.15) is 0 Å². The molecule has 0 saturated carbocycles. The fourth-order valence-corrected chi connectivity index (χ4v) is 0.497. The van der Waals surface area contributed by atoms with Crippen LogP contribution in [0.4, 0.5) is 0 Å². The van der Waals surface area contributed by atoms with Gasteiger partial charge in [-0.1, -0.05) is 0 Å². The average Bonchev–Trinajstić information content (AvgIpc) is 1.81. The molecule has 0 aromatic carbocycles. The summed E-state index contributed by atoms with van der Waals surface area (Å²) in [5, 5.41) is 25.1. The van der Waals surface area contributed by atoms with Gasteiger partial charge >= 0.3 is 0 Å². The molecule has 10 heavy (non-hydrogen) atoms. The largest absolute Gasteiger partial charge is 0.344 e. The first-order valence-electron chi connectivity index (χ1n) is 3.08. The standard InChI is InChI=1S/C5H14N2O3/c6-3-4(7)1-2-5(8,9)10/h4,8-10H,1-3,6-7H2. The van der Waals surface area contributed by atoms with E-state index in [1.165, 1.54) is 0 Å². The topological polar surface area (TPSA) is 113 Å². The quantitative estimate of drug-likeness (QED) is 0.289. The summed E-state index contributed by atoms with van der Waals surface area (Å²) in [5.41, 5.74) is 10.5. The molecule has 5 nitrogen and oxygen atoms in total. The number of aliphatic hydroxyl groups is 3. The van der Waals surface area contributed by atoms with E-state index in [0.717, 1.165) is 0 Å². The van der Waals surface area contributed by atoms with Gasteiger partial charge in [0.2, 0.25) is 0 Å². The number of nitrogens with two attached hydrogens (primary N) is 2. The molecule has 0 radical (unpaired) electrons. The van der Waals surface area contributed by atoms with Gasteiger partial charge in [0.1, 0.15) is 0 Å². The molecule has 0 aliphatic rings. The van der Waals surface area contributed by atoms with Gasteiger partial charge in [-0.25, -0.2) is 0 Å². The average molecular weight is 150 g/mol. The third-order valence-electron chi connectivity index (χ3n) is 1.15. The minimum absolute atomic E-state index is 0.175. The van der Waals surface area contributed by atoms with Crippen LogP contribution >= 0.6 is 0 Å². The summed E-state index contributed by atoms with van der Waals surface area (Å²) in [6.45, 7) is 0.274. The molecular formula is C5H14N2O3. The minimum Gasteiger partial charge on any atom is -0.344 e. The summed E-state index contributed by atoms with van der Waals surface area (Å²) < 4.78 is 0. The Morgan fingerprint density at radius 1 is 1.30 bits per heavy atom. The summed E-state index contributed by atoms with van der Waals surface area (Å²) in [4.78, 5) is 0. The Kier molecular flexibility index (Phi) is 3.77. The van der Waals surface area contributed by atoms with Gasteiger partial charge in [-0.05, 0) is 6.42 Å². The van der Waals surface area contributed by atoms with Gasteiger partial charge in [0, 0.05) is 19.0 Å². The van der Waals surface area contributed by atoms with Gasteiger partial charge in [-0.15, -0.1) is 0 Å². The second kappa shape index (κ2) is 3.85. The maximum Gasteiger partial charge on any atom is 0.275 e. The SMILES string of the molecule is NCC(N)CCC(O)(O)O. The molecule has 0 spiro atoms. The second-order valence-corrected chi connectivity index (χ2v) is 2.31. The van der Waals surface area contributed by atoms with Gasteiger partial charge in [0.25, 0.3) is 5.97 Å². The molecule has 0 amide bonds. The molecule has 0 aliphatic heterocycles. The predicted octanol–water partition coefficient (Wildman–Crippen LogP) is -2.32. The normalized spacial score (nSPS) is 15.3. The lowest BCUT2D eigenvalue weighted by molar-refractivity contribution is -0.315. The third kappa shape index (κ3) is 5.93. The first-order chi connectivity index (χ1) is 4.45. The zero-order valence-corrected chi connectivity index (χ0v) is 5.70. The second-order valence-electron chi connectivity index (χ2n) is 2.31. The summed E-state index contributed by atoms with van der Waals surface area (Å²) in [5.74, 6) is -2.60. The number of hydrogen-bond donors (Lipinski definition) is 5. The molecule has 62 valence electrons. The Bertz CT molecular complexity index is 91.4. The minimum atomic E-state index is -2.60. The van der Waals surface area contributed by atoms with E-state index in [4.69, 9.17) is 26.8 Å². The van der Waals surface area contributed by atoms with E-state index in [1.54, 1.807) is 0 Å². The first-order valence-corrected chi connectivity index (χ1v) is 3.08. The van der Waals surface area contributed by atoms with Crippen molar-refractivity contribution >= 4 is 0 Å². The lowest BCUT2D eigenvalue weighted by Crippen LogP contribution is -2.34. The Morgan fingerprint density at radius 2 is 1.80 bits per heavy atom. The Labute approximate surface area is 59.3 Å². The first kappa shape index (κ1) is 9.80. The zero-order chi connectivity index (χ0) is 8.20. The molecule has 1 atom stereocenters. The zero-order valence-electron chi connectivity index (χ0n) is 5.70.